The van der Waals surface area contributed by atoms with E-state index >= 15 is 0 Å². The molecule has 0 aromatic heterocycles. The zero-order chi connectivity index (χ0) is 15.8. The first-order valence-electron chi connectivity index (χ1n) is 6.57. The number of allylic oxidation sites excluding steroid dienone is 3. The van der Waals surface area contributed by atoms with Gasteiger partial charge in [-0.05, 0) is 12.5 Å². The molecule has 0 aliphatic heterocycles. The van der Waals surface area contributed by atoms with E-state index < -0.39 is 4.92 Å². The Morgan fingerprint density at radius 3 is 2.19 bits per heavy atom. The van der Waals surface area contributed by atoms with E-state index in [1.165, 1.54) is 12.1 Å². The highest BCUT2D eigenvalue weighted by molar-refractivity contribution is 7.83. The van der Waals surface area contributed by atoms with Crippen LogP contribution in [0.3, 0.4) is 0 Å². The van der Waals surface area contributed by atoms with Crippen molar-refractivity contribution >= 4 is 17.4 Å². The van der Waals surface area contributed by atoms with Crippen LogP contribution in [0.2, 0.25) is 0 Å². The maximum Gasteiger partial charge on any atom is 0.269 e. The zero-order valence-corrected chi connectivity index (χ0v) is 12.7. The monoisotopic (exact) mass is 309 g/mol. The van der Waals surface area contributed by atoms with Gasteiger partial charge in [-0.3, -0.25) is 20.2 Å². The third-order valence-corrected chi connectivity index (χ3v) is 3.75. The van der Waals surface area contributed by atoms with Crippen molar-refractivity contribution in [2.24, 2.45) is 0 Å². The van der Waals surface area contributed by atoms with Gasteiger partial charge >= 0.3 is 0 Å². The highest BCUT2D eigenvalue weighted by Crippen LogP contribution is 2.22. The van der Waals surface area contributed by atoms with Gasteiger partial charge in [0.25, 0.3) is 11.4 Å². The molecule has 0 radical (unpaired) electrons. The highest BCUT2D eigenvalue weighted by atomic mass is 32.2. The first-order valence-corrected chi connectivity index (χ1v) is 7.47. The number of hydrogen-bond acceptors (Lipinski definition) is 4. The van der Waals surface area contributed by atoms with Crippen molar-refractivity contribution in [2.45, 2.75) is 31.6 Å². The van der Waals surface area contributed by atoms with Gasteiger partial charge in [0, 0.05) is 42.4 Å². The minimum atomic E-state index is -0.453. The number of nitro groups is 2. The lowest BCUT2D eigenvalue weighted by atomic mass is 10.1. The molecule has 112 valence electrons. The Kier molecular flexibility index (Phi) is 6.61. The molecule has 6 nitrogen and oxygen atoms in total. The summed E-state index contributed by atoms with van der Waals surface area (Å²) in [6, 6.07) is 6.19. The molecule has 0 bridgehead atoms. The average Bonchev–Trinajstić information content (AvgIpc) is 2.50. The van der Waals surface area contributed by atoms with Gasteiger partial charge in [-0.25, -0.2) is 0 Å². The summed E-state index contributed by atoms with van der Waals surface area (Å²) in [5.74, 6) is 0. The van der Waals surface area contributed by atoms with E-state index in [9.17, 15) is 20.2 Å². The van der Waals surface area contributed by atoms with Crippen molar-refractivity contribution in [2.75, 3.05) is 0 Å². The van der Waals surface area contributed by atoms with Crippen LogP contribution < -0.4 is 0 Å². The van der Waals surface area contributed by atoms with Crippen LogP contribution in [-0.4, -0.2) is 9.85 Å². The Balaban J connectivity index is 0.00000106. The van der Waals surface area contributed by atoms with Gasteiger partial charge in [0.05, 0.1) is 15.9 Å². The van der Waals surface area contributed by atoms with Crippen molar-refractivity contribution in [3.05, 3.63) is 67.2 Å². The maximum absolute atomic E-state index is 10.7. The molecular weight excluding hydrogens is 292 g/mol. The van der Waals surface area contributed by atoms with Crippen molar-refractivity contribution in [1.82, 2.24) is 0 Å². The summed E-state index contributed by atoms with van der Waals surface area (Å²) in [5.41, 5.74) is 0.255. The SMILES string of the molecule is CC.O=[N+]([O-])C1=CC([SH+]c2ccc([N+](=O)[O-])cc2)=CCC1. The van der Waals surface area contributed by atoms with Crippen molar-refractivity contribution in [1.29, 1.82) is 0 Å². The van der Waals surface area contributed by atoms with Crippen LogP contribution in [0.15, 0.2) is 51.9 Å². The minimum absolute atomic E-state index is 0.0399. The predicted octanol–water partition coefficient (Wildman–Crippen LogP) is 3.63. The quantitative estimate of drug-likeness (QED) is 0.368. The number of rotatable bonds is 4. The van der Waals surface area contributed by atoms with Gasteiger partial charge in [-0.2, -0.15) is 0 Å². The Bertz CT molecular complexity index is 579. The summed E-state index contributed by atoms with van der Waals surface area (Å²) < 4.78 is 0. The Labute approximate surface area is 126 Å². The second-order valence-corrected chi connectivity index (χ2v) is 5.20. The number of nitrogens with zero attached hydrogens (tertiary/aromatic N) is 2. The molecule has 0 fully saturated rings. The summed E-state index contributed by atoms with van der Waals surface area (Å²) in [7, 11) is 0. The van der Waals surface area contributed by atoms with Gasteiger partial charge in [-0.15, -0.1) is 0 Å². The van der Waals surface area contributed by atoms with E-state index in [4.69, 9.17) is 0 Å². The lowest BCUT2D eigenvalue weighted by molar-refractivity contribution is -0.428. The summed E-state index contributed by atoms with van der Waals surface area (Å²) >= 11 is 0.822. The minimum Gasteiger partial charge on any atom is -0.259 e. The van der Waals surface area contributed by atoms with E-state index in [-0.39, 0.29) is 16.3 Å². The third kappa shape index (κ3) is 5.03. The molecule has 0 saturated heterocycles. The molecule has 1 aliphatic rings. The second-order valence-electron chi connectivity index (χ2n) is 3.95. The summed E-state index contributed by atoms with van der Waals surface area (Å²) in [5, 5.41) is 21.2. The molecule has 7 heteroatoms. The summed E-state index contributed by atoms with van der Waals surface area (Å²) in [6.07, 6.45) is 4.64. The van der Waals surface area contributed by atoms with E-state index in [0.717, 1.165) is 21.6 Å². The van der Waals surface area contributed by atoms with Gasteiger partial charge in [-0.1, -0.05) is 13.8 Å². The smallest absolute Gasteiger partial charge is 0.259 e. The van der Waals surface area contributed by atoms with Crippen molar-refractivity contribution in [3.8, 4) is 0 Å². The molecule has 0 saturated carbocycles. The lowest BCUT2D eigenvalue weighted by Crippen LogP contribution is -2.03. The topological polar surface area (TPSA) is 86.3 Å². The van der Waals surface area contributed by atoms with Crippen LogP contribution in [0.1, 0.15) is 26.7 Å². The van der Waals surface area contributed by atoms with Gasteiger partial charge in [0.1, 0.15) is 0 Å². The standard InChI is InChI=1S/C12H10N2O4S.C2H6/c15-13(16)9-4-6-11(7-5-9)19-12-3-1-2-10(8-12)14(17)18;1-2/h3-8H,1-2H2;1-2H3/p+1. The molecule has 1 aromatic carbocycles. The van der Waals surface area contributed by atoms with Crippen LogP contribution in [-0.2, 0) is 11.8 Å². The largest absolute Gasteiger partial charge is 0.269 e. The maximum atomic E-state index is 10.7. The number of nitro benzene ring substituents is 1. The second kappa shape index (κ2) is 8.21. The number of thiol groups is 1. The van der Waals surface area contributed by atoms with Crippen LogP contribution in [0.5, 0.6) is 0 Å². The molecule has 0 atom stereocenters. The predicted molar refractivity (Wildman–Crippen MR) is 83.9 cm³/mol. The van der Waals surface area contributed by atoms with Crippen LogP contribution in [0, 0.1) is 20.2 Å². The van der Waals surface area contributed by atoms with Gasteiger partial charge in [0.15, 0.2) is 9.80 Å². The molecule has 1 aromatic rings. The Morgan fingerprint density at radius 2 is 1.67 bits per heavy atom. The normalized spacial score (nSPS) is 13.4. The fourth-order valence-electron chi connectivity index (χ4n) is 1.69. The molecule has 21 heavy (non-hydrogen) atoms. The van der Waals surface area contributed by atoms with Crippen LogP contribution in [0.4, 0.5) is 5.69 Å². The Hall–Kier alpha value is -2.15. The fourth-order valence-corrected chi connectivity index (χ4v) is 2.72. The molecular formula is C14H17N2O4S+. The van der Waals surface area contributed by atoms with Crippen LogP contribution in [0.25, 0.3) is 0 Å². The Morgan fingerprint density at radius 1 is 1.05 bits per heavy atom. The van der Waals surface area contributed by atoms with E-state index in [1.807, 2.05) is 19.9 Å². The first-order chi connectivity index (χ1) is 10.1. The lowest BCUT2D eigenvalue weighted by Gasteiger charge is -2.02. The molecule has 0 spiro atoms. The number of benzene rings is 1. The van der Waals surface area contributed by atoms with E-state index in [2.05, 4.69) is 0 Å². The molecule has 0 N–H and O–H groups in total. The molecule has 2 rings (SSSR count). The summed E-state index contributed by atoms with van der Waals surface area (Å²) in [4.78, 5) is 22.1. The van der Waals surface area contributed by atoms with Gasteiger partial charge in [0.2, 0.25) is 0 Å². The fraction of sp³-hybridized carbons (Fsp3) is 0.286. The third-order valence-electron chi connectivity index (χ3n) is 2.62. The van der Waals surface area contributed by atoms with Gasteiger partial charge < -0.3 is 0 Å². The van der Waals surface area contributed by atoms with Crippen molar-refractivity contribution in [3.63, 3.8) is 0 Å². The molecule has 0 unspecified atom stereocenters. The number of hydrogen-bond donors (Lipinski definition) is 0. The zero-order valence-electron chi connectivity index (χ0n) is 11.9. The van der Waals surface area contributed by atoms with Crippen molar-refractivity contribution < 1.29 is 9.85 Å². The van der Waals surface area contributed by atoms with Crippen LogP contribution >= 0.6 is 0 Å². The average molecular weight is 309 g/mol. The molecule has 0 heterocycles. The first kappa shape index (κ1) is 16.9. The highest BCUT2D eigenvalue weighted by Gasteiger charge is 2.20. The molecule has 1 aliphatic carbocycles. The van der Waals surface area contributed by atoms with E-state index in [1.54, 1.807) is 18.2 Å². The van der Waals surface area contributed by atoms with E-state index in [0.29, 0.717) is 12.8 Å². The number of non-ortho nitro benzene ring substituents is 1. The summed E-state index contributed by atoms with van der Waals surface area (Å²) in [6.45, 7) is 4.00. The molecule has 0 amide bonds.